The van der Waals surface area contributed by atoms with Crippen molar-refractivity contribution in [1.29, 1.82) is 0 Å². The van der Waals surface area contributed by atoms with Crippen LogP contribution in [0, 0.1) is 0 Å². The number of nitrogens with zero attached hydrogens (tertiary/aromatic N) is 2. The van der Waals surface area contributed by atoms with E-state index >= 15 is 0 Å². The number of amides is 1. The summed E-state index contributed by atoms with van der Waals surface area (Å²) >= 11 is 1.49. The van der Waals surface area contributed by atoms with Crippen molar-refractivity contribution in [3.05, 3.63) is 84.8 Å². The second-order valence-electron chi connectivity index (χ2n) is 5.32. The summed E-state index contributed by atoms with van der Waals surface area (Å²) in [7, 11) is 0. The number of thiazole rings is 1. The Morgan fingerprint density at radius 3 is 2.56 bits per heavy atom. The van der Waals surface area contributed by atoms with Gasteiger partial charge in [0, 0.05) is 6.08 Å². The average Bonchev–Trinajstić information content (AvgIpc) is 3.30. The molecule has 0 fully saturated rings. The van der Waals surface area contributed by atoms with Gasteiger partial charge in [-0.15, -0.1) is 0 Å². The first-order chi connectivity index (χ1) is 12.3. The van der Waals surface area contributed by atoms with Gasteiger partial charge in [0.15, 0.2) is 5.13 Å². The third-order valence-corrected chi connectivity index (χ3v) is 4.66. The van der Waals surface area contributed by atoms with E-state index in [1.54, 1.807) is 29.4 Å². The number of fused-ring (bicyclic) bond motifs is 1. The van der Waals surface area contributed by atoms with Crippen LogP contribution < -0.4 is 4.90 Å². The minimum Gasteiger partial charge on any atom is -0.465 e. The predicted octanol–water partition coefficient (Wildman–Crippen LogP) is 5.27. The van der Waals surface area contributed by atoms with Gasteiger partial charge in [0.05, 0.1) is 22.2 Å². The number of rotatable bonds is 4. The van der Waals surface area contributed by atoms with Gasteiger partial charge in [-0.3, -0.25) is 9.69 Å². The van der Waals surface area contributed by atoms with Crippen LogP contribution in [-0.2, 0) is 4.79 Å². The zero-order valence-electron chi connectivity index (χ0n) is 13.2. The molecule has 2 aromatic heterocycles. The lowest BCUT2D eigenvalue weighted by molar-refractivity contribution is -0.113. The number of furan rings is 1. The normalized spacial score (nSPS) is 11.2. The molecule has 1 amide bonds. The third-order valence-electron chi connectivity index (χ3n) is 3.64. The van der Waals surface area contributed by atoms with E-state index in [2.05, 4.69) is 4.98 Å². The molecule has 0 bridgehead atoms. The second kappa shape index (κ2) is 6.75. The summed E-state index contributed by atoms with van der Waals surface area (Å²) in [5.41, 5.74) is 1.65. The molecular weight excluding hydrogens is 332 g/mol. The number of hydrogen-bond acceptors (Lipinski definition) is 4. The molecule has 4 rings (SSSR count). The molecule has 0 saturated carbocycles. The molecule has 0 unspecified atom stereocenters. The van der Waals surface area contributed by atoms with Crippen LogP contribution in [0.1, 0.15) is 5.76 Å². The van der Waals surface area contributed by atoms with E-state index in [1.165, 1.54) is 17.4 Å². The number of anilines is 2. The molecule has 5 heteroatoms. The van der Waals surface area contributed by atoms with Gasteiger partial charge in [-0.05, 0) is 42.5 Å². The Morgan fingerprint density at radius 1 is 1.00 bits per heavy atom. The third kappa shape index (κ3) is 3.22. The zero-order valence-corrected chi connectivity index (χ0v) is 14.0. The van der Waals surface area contributed by atoms with E-state index in [0.717, 1.165) is 15.9 Å². The Hall–Kier alpha value is -3.18. The minimum atomic E-state index is -0.179. The van der Waals surface area contributed by atoms with E-state index in [1.807, 2.05) is 54.6 Å². The van der Waals surface area contributed by atoms with Crippen LogP contribution in [-0.4, -0.2) is 10.9 Å². The molecule has 0 saturated heterocycles. The molecule has 4 aromatic rings. The first-order valence-electron chi connectivity index (χ1n) is 7.77. The molecule has 0 atom stereocenters. The number of benzene rings is 2. The monoisotopic (exact) mass is 346 g/mol. The Bertz CT molecular complexity index is 987. The van der Waals surface area contributed by atoms with Crippen LogP contribution in [0.25, 0.3) is 16.3 Å². The lowest BCUT2D eigenvalue weighted by Gasteiger charge is -2.18. The van der Waals surface area contributed by atoms with E-state index in [4.69, 9.17) is 4.42 Å². The molecule has 0 aliphatic rings. The van der Waals surface area contributed by atoms with E-state index in [-0.39, 0.29) is 5.91 Å². The highest BCUT2D eigenvalue weighted by molar-refractivity contribution is 7.22. The summed E-state index contributed by atoms with van der Waals surface area (Å²) in [6, 6.07) is 21.0. The van der Waals surface area contributed by atoms with Crippen LogP contribution in [0.2, 0.25) is 0 Å². The number of hydrogen-bond donors (Lipinski definition) is 0. The quantitative estimate of drug-likeness (QED) is 0.473. The van der Waals surface area contributed by atoms with Crippen molar-refractivity contribution < 1.29 is 9.21 Å². The van der Waals surface area contributed by atoms with Crippen LogP contribution in [0.5, 0.6) is 0 Å². The van der Waals surface area contributed by atoms with Crippen LogP contribution in [0.3, 0.4) is 0 Å². The number of carbonyl (C=O) groups excluding carboxylic acids is 1. The van der Waals surface area contributed by atoms with Crippen molar-refractivity contribution in [3.63, 3.8) is 0 Å². The van der Waals surface area contributed by atoms with Gasteiger partial charge in [-0.2, -0.15) is 0 Å². The van der Waals surface area contributed by atoms with Crippen molar-refractivity contribution in [2.75, 3.05) is 4.90 Å². The molecule has 0 aliphatic heterocycles. The highest BCUT2D eigenvalue weighted by atomic mass is 32.1. The van der Waals surface area contributed by atoms with Crippen molar-refractivity contribution in [1.82, 2.24) is 4.98 Å². The zero-order chi connectivity index (χ0) is 17.1. The van der Waals surface area contributed by atoms with Crippen molar-refractivity contribution in [2.24, 2.45) is 0 Å². The lowest BCUT2D eigenvalue weighted by atomic mass is 10.3. The highest BCUT2D eigenvalue weighted by Gasteiger charge is 2.19. The molecule has 0 N–H and O–H groups in total. The van der Waals surface area contributed by atoms with Gasteiger partial charge in [0.1, 0.15) is 5.76 Å². The van der Waals surface area contributed by atoms with Crippen molar-refractivity contribution in [3.8, 4) is 0 Å². The fourth-order valence-electron chi connectivity index (χ4n) is 2.48. The SMILES string of the molecule is O=C(/C=C/c1ccco1)N(c1ccccc1)c1nc2ccccc2s1. The molecule has 25 heavy (non-hydrogen) atoms. The van der Waals surface area contributed by atoms with E-state index in [0.29, 0.717) is 10.9 Å². The Morgan fingerprint density at radius 2 is 1.80 bits per heavy atom. The smallest absolute Gasteiger partial charge is 0.257 e. The molecule has 0 spiro atoms. The molecule has 122 valence electrons. The van der Waals surface area contributed by atoms with Gasteiger partial charge in [0.25, 0.3) is 5.91 Å². The van der Waals surface area contributed by atoms with E-state index in [9.17, 15) is 4.79 Å². The summed E-state index contributed by atoms with van der Waals surface area (Å²) in [5, 5.41) is 0.640. The molecule has 2 aromatic carbocycles. The molecule has 2 heterocycles. The standard InChI is InChI=1S/C20H14N2O2S/c23-19(13-12-16-9-6-14-24-16)22(15-7-2-1-3-8-15)20-21-17-10-4-5-11-18(17)25-20/h1-14H/b13-12+. The maximum Gasteiger partial charge on any atom is 0.257 e. The second-order valence-corrected chi connectivity index (χ2v) is 6.33. The van der Waals surface area contributed by atoms with Gasteiger partial charge in [-0.1, -0.05) is 41.7 Å². The molecule has 0 aliphatic carbocycles. The van der Waals surface area contributed by atoms with Crippen LogP contribution in [0.4, 0.5) is 10.8 Å². The van der Waals surface area contributed by atoms with E-state index < -0.39 is 0 Å². The van der Waals surface area contributed by atoms with Gasteiger partial charge >= 0.3 is 0 Å². The highest BCUT2D eigenvalue weighted by Crippen LogP contribution is 2.33. The molecular formula is C20H14N2O2S. The number of aromatic nitrogens is 1. The summed E-state index contributed by atoms with van der Waals surface area (Å²) in [4.78, 5) is 19.1. The number of carbonyl (C=O) groups is 1. The largest absolute Gasteiger partial charge is 0.465 e. The first kappa shape index (κ1) is 15.4. The van der Waals surface area contributed by atoms with Gasteiger partial charge in [-0.25, -0.2) is 4.98 Å². The topological polar surface area (TPSA) is 46.3 Å². The first-order valence-corrected chi connectivity index (χ1v) is 8.59. The fraction of sp³-hybridized carbons (Fsp3) is 0. The fourth-order valence-corrected chi connectivity index (χ4v) is 3.47. The Labute approximate surface area is 148 Å². The molecule has 0 radical (unpaired) electrons. The minimum absolute atomic E-state index is 0.179. The average molecular weight is 346 g/mol. The van der Waals surface area contributed by atoms with Crippen LogP contribution >= 0.6 is 11.3 Å². The maximum atomic E-state index is 12.9. The summed E-state index contributed by atoms with van der Waals surface area (Å²) in [6.45, 7) is 0. The lowest BCUT2D eigenvalue weighted by Crippen LogP contribution is -2.23. The number of para-hydroxylation sites is 2. The molecule has 4 nitrogen and oxygen atoms in total. The Kier molecular flexibility index (Phi) is 4.14. The van der Waals surface area contributed by atoms with Crippen molar-refractivity contribution >= 4 is 44.4 Å². The van der Waals surface area contributed by atoms with Crippen LogP contribution in [0.15, 0.2) is 83.5 Å². The maximum absolute atomic E-state index is 12.9. The summed E-state index contributed by atoms with van der Waals surface area (Å²) in [6.07, 6.45) is 4.73. The summed E-state index contributed by atoms with van der Waals surface area (Å²) < 4.78 is 6.30. The Balaban J connectivity index is 1.75. The van der Waals surface area contributed by atoms with Crippen molar-refractivity contribution in [2.45, 2.75) is 0 Å². The predicted molar refractivity (Wildman–Crippen MR) is 101 cm³/mol. The summed E-state index contributed by atoms with van der Waals surface area (Å²) in [5.74, 6) is 0.451. The van der Waals surface area contributed by atoms with Gasteiger partial charge < -0.3 is 4.42 Å². The van der Waals surface area contributed by atoms with Gasteiger partial charge in [0.2, 0.25) is 0 Å².